The molecule has 0 bridgehead atoms. The van der Waals surface area contributed by atoms with Gasteiger partial charge in [-0.1, -0.05) is 0 Å². The van der Waals surface area contributed by atoms with E-state index in [4.69, 9.17) is 14.9 Å². The number of rotatable bonds is 3. The molecule has 1 aromatic rings. The molecule has 1 aliphatic rings. The number of nitrogens with two attached hydrogens (primary N) is 1. The van der Waals surface area contributed by atoms with Crippen LogP contribution in [0.15, 0.2) is 16.5 Å². The van der Waals surface area contributed by atoms with Gasteiger partial charge in [-0.15, -0.1) is 0 Å². The smallest absolute Gasteiger partial charge is 0.122 e. The van der Waals surface area contributed by atoms with Crippen LogP contribution in [0.5, 0.6) is 0 Å². The van der Waals surface area contributed by atoms with E-state index in [0.29, 0.717) is 0 Å². The molecule has 4 nitrogen and oxygen atoms in total. The first-order valence-corrected chi connectivity index (χ1v) is 6.59. The topological polar surface area (TPSA) is 51.6 Å². The van der Waals surface area contributed by atoms with Gasteiger partial charge in [0, 0.05) is 19.1 Å². The SMILES string of the molecule is Cc1ccc(C(C(C)N)N2CCOC(C)(C)C2)o1. The predicted octanol–water partition coefficient (Wildman–Crippen LogP) is 2.09. The van der Waals surface area contributed by atoms with Gasteiger partial charge in [0.25, 0.3) is 0 Å². The molecule has 2 unspecified atom stereocenters. The minimum absolute atomic E-state index is 0.0319. The van der Waals surface area contributed by atoms with Crippen LogP contribution in [0.1, 0.15) is 38.3 Å². The summed E-state index contributed by atoms with van der Waals surface area (Å²) in [5.74, 6) is 1.89. The molecule has 2 heterocycles. The second kappa shape index (κ2) is 5.03. The van der Waals surface area contributed by atoms with Gasteiger partial charge in [-0.05, 0) is 39.8 Å². The lowest BCUT2D eigenvalue weighted by Crippen LogP contribution is -2.52. The lowest BCUT2D eigenvalue weighted by atomic mass is 10.0. The van der Waals surface area contributed by atoms with Crippen molar-refractivity contribution in [3.63, 3.8) is 0 Å². The maximum atomic E-state index is 6.15. The number of aryl methyl sites for hydroxylation is 1. The van der Waals surface area contributed by atoms with Crippen molar-refractivity contribution in [1.82, 2.24) is 4.90 Å². The lowest BCUT2D eigenvalue weighted by Gasteiger charge is -2.42. The van der Waals surface area contributed by atoms with Crippen molar-refractivity contribution in [1.29, 1.82) is 0 Å². The maximum Gasteiger partial charge on any atom is 0.122 e. The number of morpholine rings is 1. The molecule has 2 atom stereocenters. The van der Waals surface area contributed by atoms with Crippen molar-refractivity contribution in [3.8, 4) is 0 Å². The van der Waals surface area contributed by atoms with Gasteiger partial charge in [-0.25, -0.2) is 0 Å². The maximum absolute atomic E-state index is 6.15. The Balaban J connectivity index is 2.20. The Kier molecular flexibility index (Phi) is 3.80. The molecule has 1 fully saturated rings. The third-order valence-electron chi connectivity index (χ3n) is 3.40. The van der Waals surface area contributed by atoms with Crippen molar-refractivity contribution in [2.45, 2.75) is 45.4 Å². The van der Waals surface area contributed by atoms with Crippen LogP contribution in [0.4, 0.5) is 0 Å². The fraction of sp³-hybridized carbons (Fsp3) is 0.714. The van der Waals surface area contributed by atoms with Gasteiger partial charge in [0.2, 0.25) is 0 Å². The van der Waals surface area contributed by atoms with Crippen molar-refractivity contribution in [3.05, 3.63) is 23.7 Å². The predicted molar refractivity (Wildman–Crippen MR) is 71.4 cm³/mol. The zero-order valence-corrected chi connectivity index (χ0v) is 11.8. The number of furan rings is 1. The molecule has 2 N–H and O–H groups in total. The highest BCUT2D eigenvalue weighted by Crippen LogP contribution is 2.29. The van der Waals surface area contributed by atoms with E-state index in [0.717, 1.165) is 31.2 Å². The number of hydrogen-bond donors (Lipinski definition) is 1. The van der Waals surface area contributed by atoms with E-state index >= 15 is 0 Å². The molecule has 0 spiro atoms. The van der Waals surface area contributed by atoms with Gasteiger partial charge in [-0.3, -0.25) is 4.90 Å². The van der Waals surface area contributed by atoms with Crippen LogP contribution in [0.3, 0.4) is 0 Å². The van der Waals surface area contributed by atoms with Gasteiger partial charge in [0.05, 0.1) is 18.2 Å². The summed E-state index contributed by atoms with van der Waals surface area (Å²) >= 11 is 0. The molecule has 4 heteroatoms. The summed E-state index contributed by atoms with van der Waals surface area (Å²) in [4.78, 5) is 2.37. The zero-order valence-electron chi connectivity index (χ0n) is 11.8. The van der Waals surface area contributed by atoms with Crippen LogP contribution in [0.25, 0.3) is 0 Å². The molecule has 0 saturated carbocycles. The molecule has 0 amide bonds. The monoisotopic (exact) mass is 252 g/mol. The van der Waals surface area contributed by atoms with E-state index in [1.54, 1.807) is 0 Å². The molecule has 1 aliphatic heterocycles. The molecular weight excluding hydrogens is 228 g/mol. The summed E-state index contributed by atoms with van der Waals surface area (Å²) in [7, 11) is 0. The van der Waals surface area contributed by atoms with Crippen molar-refractivity contribution in [2.24, 2.45) is 5.73 Å². The summed E-state index contributed by atoms with van der Waals surface area (Å²) in [5.41, 5.74) is 6.04. The highest BCUT2D eigenvalue weighted by Gasteiger charge is 2.34. The largest absolute Gasteiger partial charge is 0.465 e. The average Bonchev–Trinajstić information content (AvgIpc) is 2.63. The summed E-state index contributed by atoms with van der Waals surface area (Å²) in [6.45, 7) is 10.7. The average molecular weight is 252 g/mol. The number of nitrogens with zero attached hydrogens (tertiary/aromatic N) is 1. The quantitative estimate of drug-likeness (QED) is 0.895. The molecule has 1 aromatic heterocycles. The minimum Gasteiger partial charge on any atom is -0.465 e. The molecule has 102 valence electrons. The highest BCUT2D eigenvalue weighted by molar-refractivity contribution is 5.12. The molecule has 0 aliphatic carbocycles. The molecule has 0 aromatic carbocycles. The van der Waals surface area contributed by atoms with E-state index in [-0.39, 0.29) is 17.7 Å². The normalized spacial score (nSPS) is 23.8. The standard InChI is InChI=1S/C14H24N2O2/c1-10-5-6-12(18-10)13(11(2)15)16-7-8-17-14(3,4)9-16/h5-6,11,13H,7-9,15H2,1-4H3. The Labute approximate surface area is 109 Å². The Morgan fingerprint density at radius 3 is 2.61 bits per heavy atom. The summed E-state index contributed by atoms with van der Waals surface area (Å²) in [6, 6.07) is 4.19. The second-order valence-electron chi connectivity index (χ2n) is 5.83. The third-order valence-corrected chi connectivity index (χ3v) is 3.40. The van der Waals surface area contributed by atoms with Gasteiger partial charge in [0.15, 0.2) is 0 Å². The number of ether oxygens (including phenoxy) is 1. The van der Waals surface area contributed by atoms with E-state index in [1.165, 1.54) is 0 Å². The Bertz CT molecular complexity index is 398. The molecule has 2 rings (SSSR count). The van der Waals surface area contributed by atoms with E-state index < -0.39 is 0 Å². The van der Waals surface area contributed by atoms with Crippen molar-refractivity contribution >= 4 is 0 Å². The van der Waals surface area contributed by atoms with Gasteiger partial charge >= 0.3 is 0 Å². The van der Waals surface area contributed by atoms with Gasteiger partial charge in [-0.2, -0.15) is 0 Å². The molecule has 0 radical (unpaired) electrons. The summed E-state index contributed by atoms with van der Waals surface area (Å²) in [5, 5.41) is 0. The van der Waals surface area contributed by atoms with Gasteiger partial charge in [0.1, 0.15) is 11.5 Å². The first kappa shape index (κ1) is 13.6. The highest BCUT2D eigenvalue weighted by atomic mass is 16.5. The fourth-order valence-corrected chi connectivity index (χ4v) is 2.67. The fourth-order valence-electron chi connectivity index (χ4n) is 2.67. The van der Waals surface area contributed by atoms with Crippen LogP contribution in [0, 0.1) is 6.92 Å². The van der Waals surface area contributed by atoms with E-state index in [9.17, 15) is 0 Å². The van der Waals surface area contributed by atoms with E-state index in [1.807, 2.05) is 26.0 Å². The minimum atomic E-state index is -0.118. The first-order chi connectivity index (χ1) is 8.39. The Hall–Kier alpha value is -0.840. The number of hydrogen-bond acceptors (Lipinski definition) is 4. The van der Waals surface area contributed by atoms with Gasteiger partial charge < -0.3 is 14.9 Å². The van der Waals surface area contributed by atoms with E-state index in [2.05, 4.69) is 18.7 Å². The van der Waals surface area contributed by atoms with Crippen LogP contribution in [-0.2, 0) is 4.74 Å². The molecule has 18 heavy (non-hydrogen) atoms. The lowest BCUT2D eigenvalue weighted by molar-refractivity contribution is -0.101. The van der Waals surface area contributed by atoms with Crippen LogP contribution in [-0.4, -0.2) is 36.2 Å². The Morgan fingerprint density at radius 2 is 2.11 bits per heavy atom. The molecule has 1 saturated heterocycles. The Morgan fingerprint density at radius 1 is 1.39 bits per heavy atom. The van der Waals surface area contributed by atoms with Crippen molar-refractivity contribution < 1.29 is 9.15 Å². The third kappa shape index (κ3) is 2.94. The van der Waals surface area contributed by atoms with Crippen LogP contribution >= 0.6 is 0 Å². The van der Waals surface area contributed by atoms with Crippen LogP contribution in [0.2, 0.25) is 0 Å². The summed E-state index contributed by atoms with van der Waals surface area (Å²) in [6.07, 6.45) is 0. The first-order valence-electron chi connectivity index (χ1n) is 6.59. The summed E-state index contributed by atoms with van der Waals surface area (Å²) < 4.78 is 11.5. The van der Waals surface area contributed by atoms with Crippen molar-refractivity contribution in [2.75, 3.05) is 19.7 Å². The second-order valence-corrected chi connectivity index (χ2v) is 5.83. The molecular formula is C14H24N2O2. The van der Waals surface area contributed by atoms with Crippen LogP contribution < -0.4 is 5.73 Å². The zero-order chi connectivity index (χ0) is 13.3.